The number of aliphatic imine (C=N–C) groups is 1. The predicted molar refractivity (Wildman–Crippen MR) is 110 cm³/mol. The van der Waals surface area contributed by atoms with Gasteiger partial charge in [-0.15, -0.1) is 0 Å². The fraction of sp³-hybridized carbons (Fsp3) is 0.238. The van der Waals surface area contributed by atoms with E-state index in [-0.39, 0.29) is 5.91 Å². The summed E-state index contributed by atoms with van der Waals surface area (Å²) in [6.07, 6.45) is 1.72. The summed E-state index contributed by atoms with van der Waals surface area (Å²) in [6.45, 7) is 6.80. The molecule has 0 atom stereocenters. The van der Waals surface area contributed by atoms with E-state index in [1.165, 1.54) is 6.92 Å². The lowest BCUT2D eigenvalue weighted by Gasteiger charge is -2.15. The topological polar surface area (TPSA) is 74.8 Å². The van der Waals surface area contributed by atoms with E-state index in [9.17, 15) is 4.79 Å². The minimum Gasteiger partial charge on any atom is -0.489 e. The first-order valence-electron chi connectivity index (χ1n) is 8.75. The van der Waals surface area contributed by atoms with Crippen LogP contribution in [0.1, 0.15) is 18.1 Å². The Morgan fingerprint density at radius 2 is 1.93 bits per heavy atom. The van der Waals surface area contributed by atoms with Gasteiger partial charge in [0.2, 0.25) is 5.91 Å². The smallest absolute Gasteiger partial charge is 0.221 e. The number of carbonyl (C=O) groups excluding carboxylic acids is 1. The van der Waals surface area contributed by atoms with Gasteiger partial charge in [-0.3, -0.25) is 9.79 Å². The first-order chi connectivity index (χ1) is 13.1. The third-order valence-corrected chi connectivity index (χ3v) is 3.71. The molecule has 0 bridgehead atoms. The Hall–Kier alpha value is -3.28. The van der Waals surface area contributed by atoms with Crippen LogP contribution in [0.15, 0.2) is 66.2 Å². The number of nitrogens with one attached hydrogen (secondary N) is 3. The molecule has 0 spiro atoms. The molecule has 1 amide bonds. The Morgan fingerprint density at radius 1 is 1.15 bits per heavy atom. The maximum Gasteiger partial charge on any atom is 0.221 e. The minimum atomic E-state index is -0.0880. The summed E-state index contributed by atoms with van der Waals surface area (Å²) in [5.74, 6) is 1.41. The van der Waals surface area contributed by atoms with E-state index in [1.807, 2.05) is 48.5 Å². The van der Waals surface area contributed by atoms with Gasteiger partial charge in [0.15, 0.2) is 5.96 Å². The van der Waals surface area contributed by atoms with Crippen molar-refractivity contribution in [1.82, 2.24) is 10.6 Å². The second-order valence-corrected chi connectivity index (χ2v) is 5.87. The molecule has 0 fully saturated rings. The summed E-state index contributed by atoms with van der Waals surface area (Å²) in [5, 5.41) is 9.33. The van der Waals surface area contributed by atoms with E-state index >= 15 is 0 Å². The number of ether oxygens (including phenoxy) is 1. The molecule has 0 aliphatic heterocycles. The van der Waals surface area contributed by atoms with Gasteiger partial charge < -0.3 is 20.7 Å². The molecule has 2 aromatic rings. The standard InChI is InChI=1S/C21H26N4O2/c1-4-12-27-20-11-6-5-9-18(20)15-24-21(22-3)23-14-17-8-7-10-19(13-17)25-16(2)26/h4-11,13H,1,12,14-15H2,2-3H3,(H,25,26)(H2,22,23,24). The van der Waals surface area contributed by atoms with E-state index in [2.05, 4.69) is 27.5 Å². The highest BCUT2D eigenvalue weighted by Crippen LogP contribution is 2.17. The van der Waals surface area contributed by atoms with Crippen molar-refractivity contribution in [2.75, 3.05) is 19.0 Å². The number of amides is 1. The molecule has 0 aromatic heterocycles. The number of anilines is 1. The lowest BCUT2D eigenvalue weighted by molar-refractivity contribution is -0.114. The fourth-order valence-electron chi connectivity index (χ4n) is 2.49. The van der Waals surface area contributed by atoms with Crippen molar-refractivity contribution in [3.8, 4) is 5.75 Å². The lowest BCUT2D eigenvalue weighted by Crippen LogP contribution is -2.36. The molecule has 27 heavy (non-hydrogen) atoms. The number of nitrogens with zero attached hydrogens (tertiary/aromatic N) is 1. The predicted octanol–water partition coefficient (Wildman–Crippen LogP) is 3.08. The zero-order valence-corrected chi connectivity index (χ0v) is 15.8. The second-order valence-electron chi connectivity index (χ2n) is 5.87. The molecule has 0 heterocycles. The van der Waals surface area contributed by atoms with Crippen LogP contribution in [0.2, 0.25) is 0 Å². The molecule has 0 unspecified atom stereocenters. The molecule has 0 saturated heterocycles. The van der Waals surface area contributed by atoms with Gasteiger partial charge in [0.25, 0.3) is 0 Å². The molecular weight excluding hydrogens is 340 g/mol. The Bertz CT molecular complexity index is 802. The van der Waals surface area contributed by atoms with Crippen LogP contribution in [0.5, 0.6) is 5.75 Å². The first kappa shape index (κ1) is 20.0. The molecule has 2 aromatic carbocycles. The summed E-state index contributed by atoms with van der Waals surface area (Å²) in [5.41, 5.74) is 2.85. The van der Waals surface area contributed by atoms with Crippen molar-refractivity contribution >= 4 is 17.6 Å². The summed E-state index contributed by atoms with van der Waals surface area (Å²) in [4.78, 5) is 15.4. The van der Waals surface area contributed by atoms with Crippen molar-refractivity contribution in [2.24, 2.45) is 4.99 Å². The normalized spacial score (nSPS) is 10.8. The summed E-state index contributed by atoms with van der Waals surface area (Å²) < 4.78 is 5.67. The summed E-state index contributed by atoms with van der Waals surface area (Å²) >= 11 is 0. The van der Waals surface area contributed by atoms with Gasteiger partial charge in [0.1, 0.15) is 12.4 Å². The van der Waals surface area contributed by atoms with Crippen LogP contribution in [0, 0.1) is 0 Å². The second kappa shape index (κ2) is 10.7. The van der Waals surface area contributed by atoms with Crippen molar-refractivity contribution in [1.29, 1.82) is 0 Å². The lowest BCUT2D eigenvalue weighted by atomic mass is 10.2. The van der Waals surface area contributed by atoms with Crippen molar-refractivity contribution in [3.05, 3.63) is 72.3 Å². The maximum atomic E-state index is 11.2. The first-order valence-corrected chi connectivity index (χ1v) is 8.75. The maximum absolute atomic E-state index is 11.2. The molecule has 2 rings (SSSR count). The molecule has 0 saturated carbocycles. The van der Waals surface area contributed by atoms with Gasteiger partial charge in [0.05, 0.1) is 0 Å². The number of carbonyl (C=O) groups is 1. The van der Waals surface area contributed by atoms with Gasteiger partial charge in [-0.1, -0.05) is 43.0 Å². The Kier molecular flexibility index (Phi) is 7.91. The third-order valence-electron chi connectivity index (χ3n) is 3.71. The molecule has 3 N–H and O–H groups in total. The van der Waals surface area contributed by atoms with Crippen LogP contribution in [0.4, 0.5) is 5.69 Å². The van der Waals surface area contributed by atoms with Gasteiger partial charge in [0, 0.05) is 38.3 Å². The molecule has 6 nitrogen and oxygen atoms in total. The number of hydrogen-bond acceptors (Lipinski definition) is 3. The Morgan fingerprint density at radius 3 is 2.67 bits per heavy atom. The molecule has 0 aliphatic rings. The van der Waals surface area contributed by atoms with E-state index in [0.29, 0.717) is 25.7 Å². The van der Waals surface area contributed by atoms with E-state index in [1.54, 1.807) is 13.1 Å². The number of hydrogen-bond donors (Lipinski definition) is 3. The number of guanidine groups is 1. The molecule has 0 radical (unpaired) electrons. The average molecular weight is 366 g/mol. The van der Waals surface area contributed by atoms with Gasteiger partial charge in [-0.05, 0) is 23.8 Å². The van der Waals surface area contributed by atoms with Crippen LogP contribution in [0.3, 0.4) is 0 Å². The SMILES string of the molecule is C=CCOc1ccccc1CNC(=NC)NCc1cccc(NC(C)=O)c1. The summed E-state index contributed by atoms with van der Waals surface area (Å²) in [6, 6.07) is 15.5. The van der Waals surface area contributed by atoms with Gasteiger partial charge >= 0.3 is 0 Å². The molecule has 6 heteroatoms. The molecule has 142 valence electrons. The van der Waals surface area contributed by atoms with Crippen molar-refractivity contribution in [3.63, 3.8) is 0 Å². The van der Waals surface area contributed by atoms with Crippen LogP contribution in [-0.2, 0) is 17.9 Å². The zero-order valence-electron chi connectivity index (χ0n) is 15.8. The number of rotatable bonds is 8. The fourth-order valence-corrected chi connectivity index (χ4v) is 2.49. The molecule has 0 aliphatic carbocycles. The van der Waals surface area contributed by atoms with Crippen LogP contribution >= 0.6 is 0 Å². The van der Waals surface area contributed by atoms with Gasteiger partial charge in [-0.25, -0.2) is 0 Å². The number of benzene rings is 2. The highest BCUT2D eigenvalue weighted by molar-refractivity contribution is 5.88. The monoisotopic (exact) mass is 366 g/mol. The third kappa shape index (κ3) is 6.86. The van der Waals surface area contributed by atoms with E-state index in [4.69, 9.17) is 4.74 Å². The van der Waals surface area contributed by atoms with Crippen molar-refractivity contribution in [2.45, 2.75) is 20.0 Å². The highest BCUT2D eigenvalue weighted by Gasteiger charge is 2.05. The van der Waals surface area contributed by atoms with Gasteiger partial charge in [-0.2, -0.15) is 0 Å². The van der Waals surface area contributed by atoms with Crippen LogP contribution in [0.25, 0.3) is 0 Å². The van der Waals surface area contributed by atoms with Crippen LogP contribution < -0.4 is 20.7 Å². The largest absolute Gasteiger partial charge is 0.489 e. The zero-order chi connectivity index (χ0) is 19.5. The Balaban J connectivity index is 1.92. The Labute approximate surface area is 160 Å². The highest BCUT2D eigenvalue weighted by atomic mass is 16.5. The van der Waals surface area contributed by atoms with E-state index < -0.39 is 0 Å². The van der Waals surface area contributed by atoms with E-state index in [0.717, 1.165) is 22.6 Å². The number of para-hydroxylation sites is 1. The minimum absolute atomic E-state index is 0.0880. The van der Waals surface area contributed by atoms with Crippen molar-refractivity contribution < 1.29 is 9.53 Å². The average Bonchev–Trinajstić information content (AvgIpc) is 2.67. The molecular formula is C21H26N4O2. The van der Waals surface area contributed by atoms with Crippen LogP contribution in [-0.4, -0.2) is 25.5 Å². The quantitative estimate of drug-likeness (QED) is 0.381. The summed E-state index contributed by atoms with van der Waals surface area (Å²) in [7, 11) is 1.73.